The van der Waals surface area contributed by atoms with E-state index in [0.717, 1.165) is 19.6 Å². The molecule has 0 fully saturated rings. The third-order valence-electron chi connectivity index (χ3n) is 2.59. The molecule has 1 unspecified atom stereocenters. The Kier molecular flexibility index (Phi) is 12.9. The highest BCUT2D eigenvalue weighted by molar-refractivity contribution is 5.75. The van der Waals surface area contributed by atoms with Crippen LogP contribution in [0.5, 0.6) is 0 Å². The summed E-state index contributed by atoms with van der Waals surface area (Å²) in [6.07, 6.45) is 1.61. The lowest BCUT2D eigenvalue weighted by atomic mass is 10.2. The van der Waals surface area contributed by atoms with Crippen LogP contribution >= 0.6 is 0 Å². The molecule has 0 saturated carbocycles. The third kappa shape index (κ3) is 11.2. The second-order valence-corrected chi connectivity index (χ2v) is 5.13. The number of nitrogens with one attached hydrogen (secondary N) is 1. The van der Waals surface area contributed by atoms with Crippen LogP contribution in [-0.2, 0) is 19.0 Å². The molecule has 0 saturated heterocycles. The van der Waals surface area contributed by atoms with E-state index in [1.54, 1.807) is 0 Å². The number of rotatable bonds is 13. The Morgan fingerprint density at radius 2 is 1.80 bits per heavy atom. The van der Waals surface area contributed by atoms with Crippen molar-refractivity contribution in [3.8, 4) is 0 Å². The average Bonchev–Trinajstić information content (AvgIpc) is 2.40. The molecule has 0 rings (SSSR count). The molecule has 0 spiro atoms. The van der Waals surface area contributed by atoms with Crippen LogP contribution in [0.25, 0.3) is 0 Å². The van der Waals surface area contributed by atoms with Gasteiger partial charge < -0.3 is 19.5 Å². The molecule has 5 nitrogen and oxygen atoms in total. The number of ether oxygens (including phenoxy) is 3. The Morgan fingerprint density at radius 3 is 2.40 bits per heavy atom. The minimum absolute atomic E-state index is 0.194. The largest absolute Gasteiger partial charge is 0.465 e. The van der Waals surface area contributed by atoms with Gasteiger partial charge in [-0.1, -0.05) is 20.8 Å². The summed E-state index contributed by atoms with van der Waals surface area (Å²) in [5.74, 6) is 0.349. The van der Waals surface area contributed by atoms with Crippen LogP contribution in [0.1, 0.15) is 40.5 Å². The van der Waals surface area contributed by atoms with Gasteiger partial charge in [0.25, 0.3) is 0 Å². The third-order valence-corrected chi connectivity index (χ3v) is 2.59. The minimum atomic E-state index is -0.272. The van der Waals surface area contributed by atoms with Crippen LogP contribution in [0, 0.1) is 5.92 Å². The van der Waals surface area contributed by atoms with Gasteiger partial charge in [0.15, 0.2) is 0 Å². The van der Waals surface area contributed by atoms with Crippen molar-refractivity contribution in [1.82, 2.24) is 5.32 Å². The average molecular weight is 289 g/mol. The predicted octanol–water partition coefficient (Wildman–Crippen LogP) is 2.00. The number of esters is 1. The molecule has 1 N–H and O–H groups in total. The van der Waals surface area contributed by atoms with E-state index in [0.29, 0.717) is 38.8 Å². The van der Waals surface area contributed by atoms with Gasteiger partial charge in [-0.3, -0.25) is 4.79 Å². The first-order valence-electron chi connectivity index (χ1n) is 7.67. The molecule has 0 aromatic heterocycles. The maximum absolute atomic E-state index is 11.7. The summed E-state index contributed by atoms with van der Waals surface area (Å²) in [5.41, 5.74) is 0. The first kappa shape index (κ1) is 19.4. The highest BCUT2D eigenvalue weighted by Gasteiger charge is 2.18. The zero-order chi connectivity index (χ0) is 15.2. The minimum Gasteiger partial charge on any atom is -0.465 e. The lowest BCUT2D eigenvalue weighted by Crippen LogP contribution is -2.39. The van der Waals surface area contributed by atoms with Crippen LogP contribution in [0.15, 0.2) is 0 Å². The van der Waals surface area contributed by atoms with E-state index in [4.69, 9.17) is 14.2 Å². The first-order valence-corrected chi connectivity index (χ1v) is 7.67. The molecule has 0 aliphatic heterocycles. The number of hydrogen-bond donors (Lipinski definition) is 1. The molecular formula is C15H31NO4. The molecule has 0 aromatic rings. The van der Waals surface area contributed by atoms with Crippen molar-refractivity contribution >= 4 is 5.97 Å². The molecule has 0 radical (unpaired) electrons. The van der Waals surface area contributed by atoms with Gasteiger partial charge in [0.05, 0.1) is 19.8 Å². The van der Waals surface area contributed by atoms with Crippen LogP contribution in [0.3, 0.4) is 0 Å². The molecule has 20 heavy (non-hydrogen) atoms. The van der Waals surface area contributed by atoms with E-state index >= 15 is 0 Å². The molecule has 0 heterocycles. The van der Waals surface area contributed by atoms with E-state index < -0.39 is 0 Å². The maximum Gasteiger partial charge on any atom is 0.323 e. The molecule has 5 heteroatoms. The van der Waals surface area contributed by atoms with E-state index in [1.807, 2.05) is 6.92 Å². The fourth-order valence-corrected chi connectivity index (χ4v) is 1.60. The molecule has 1 atom stereocenters. The highest BCUT2D eigenvalue weighted by atomic mass is 16.5. The number of carbonyl (C=O) groups excluding carboxylic acids is 1. The smallest absolute Gasteiger partial charge is 0.323 e. The van der Waals surface area contributed by atoms with Crippen molar-refractivity contribution in [2.24, 2.45) is 5.92 Å². The number of carbonyl (C=O) groups is 1. The summed E-state index contributed by atoms with van der Waals surface area (Å²) in [6, 6.07) is -0.272. The van der Waals surface area contributed by atoms with Crippen molar-refractivity contribution in [2.75, 3.05) is 39.6 Å². The number of hydrogen-bond acceptors (Lipinski definition) is 5. The van der Waals surface area contributed by atoms with Crippen LogP contribution in [-0.4, -0.2) is 51.6 Å². The Hall–Kier alpha value is -0.650. The summed E-state index contributed by atoms with van der Waals surface area (Å²) in [4.78, 5) is 11.7. The Balaban J connectivity index is 3.70. The van der Waals surface area contributed by atoms with Gasteiger partial charge in [0.1, 0.15) is 6.04 Å². The zero-order valence-corrected chi connectivity index (χ0v) is 13.4. The van der Waals surface area contributed by atoms with E-state index in [9.17, 15) is 4.79 Å². The van der Waals surface area contributed by atoms with Crippen molar-refractivity contribution < 1.29 is 19.0 Å². The Labute approximate surface area is 123 Å². The lowest BCUT2D eigenvalue weighted by Gasteiger charge is -2.17. The topological polar surface area (TPSA) is 56.8 Å². The van der Waals surface area contributed by atoms with Gasteiger partial charge in [0, 0.05) is 13.2 Å². The molecular weight excluding hydrogens is 258 g/mol. The van der Waals surface area contributed by atoms with Crippen LogP contribution in [0.4, 0.5) is 0 Å². The summed E-state index contributed by atoms with van der Waals surface area (Å²) in [5, 5.41) is 3.19. The predicted molar refractivity (Wildman–Crippen MR) is 79.8 cm³/mol. The van der Waals surface area contributed by atoms with Crippen molar-refractivity contribution in [2.45, 2.75) is 46.6 Å². The first-order chi connectivity index (χ1) is 9.61. The molecule has 0 aromatic carbocycles. The summed E-state index contributed by atoms with van der Waals surface area (Å²) < 4.78 is 15.9. The van der Waals surface area contributed by atoms with Crippen LogP contribution in [0.2, 0.25) is 0 Å². The van der Waals surface area contributed by atoms with Gasteiger partial charge in [-0.25, -0.2) is 0 Å². The normalized spacial score (nSPS) is 12.7. The van der Waals surface area contributed by atoms with Crippen molar-refractivity contribution in [3.63, 3.8) is 0 Å². The lowest BCUT2D eigenvalue weighted by molar-refractivity contribution is -0.146. The molecule has 0 bridgehead atoms. The SMILES string of the molecule is CCCNC(CCOCCOCC(C)C)C(=O)OCC. The van der Waals surface area contributed by atoms with Gasteiger partial charge in [-0.2, -0.15) is 0 Å². The van der Waals surface area contributed by atoms with Gasteiger partial charge in [0.2, 0.25) is 0 Å². The van der Waals surface area contributed by atoms with Crippen LogP contribution < -0.4 is 5.32 Å². The van der Waals surface area contributed by atoms with Crippen molar-refractivity contribution in [3.05, 3.63) is 0 Å². The second-order valence-electron chi connectivity index (χ2n) is 5.13. The van der Waals surface area contributed by atoms with Gasteiger partial charge >= 0.3 is 5.97 Å². The summed E-state index contributed by atoms with van der Waals surface area (Å²) in [7, 11) is 0. The van der Waals surface area contributed by atoms with Gasteiger partial charge in [-0.05, 0) is 32.2 Å². The maximum atomic E-state index is 11.7. The highest BCUT2D eigenvalue weighted by Crippen LogP contribution is 1.98. The van der Waals surface area contributed by atoms with E-state index in [2.05, 4.69) is 26.1 Å². The fraction of sp³-hybridized carbons (Fsp3) is 0.933. The molecule has 0 aliphatic rings. The van der Waals surface area contributed by atoms with Crippen molar-refractivity contribution in [1.29, 1.82) is 0 Å². The quantitative estimate of drug-likeness (QED) is 0.415. The molecule has 0 aliphatic carbocycles. The summed E-state index contributed by atoms with van der Waals surface area (Å²) in [6.45, 7) is 11.8. The second kappa shape index (κ2) is 13.3. The van der Waals surface area contributed by atoms with E-state index in [-0.39, 0.29) is 12.0 Å². The van der Waals surface area contributed by atoms with E-state index in [1.165, 1.54) is 0 Å². The molecule has 120 valence electrons. The standard InChI is InChI=1S/C15H31NO4/c1-5-8-16-14(15(17)20-6-2)7-9-18-10-11-19-12-13(3)4/h13-14,16H,5-12H2,1-4H3. The summed E-state index contributed by atoms with van der Waals surface area (Å²) >= 11 is 0. The Morgan fingerprint density at radius 1 is 1.10 bits per heavy atom. The molecule has 0 amide bonds. The Bertz CT molecular complexity index is 234. The zero-order valence-electron chi connectivity index (χ0n) is 13.4. The monoisotopic (exact) mass is 289 g/mol. The van der Waals surface area contributed by atoms with Gasteiger partial charge in [-0.15, -0.1) is 0 Å². The fourth-order valence-electron chi connectivity index (χ4n) is 1.60.